The first-order valence-corrected chi connectivity index (χ1v) is 12.1. The van der Waals surface area contributed by atoms with Gasteiger partial charge in [-0.05, 0) is 60.9 Å². The normalized spacial score (nSPS) is 13.3. The summed E-state index contributed by atoms with van der Waals surface area (Å²) in [7, 11) is 1.62. The number of amides is 1. The molecule has 2 aliphatic rings. The number of nitrogens with zero attached hydrogens (tertiary/aromatic N) is 1. The van der Waals surface area contributed by atoms with Crippen LogP contribution in [-0.2, 0) is 11.2 Å². The van der Waals surface area contributed by atoms with Crippen LogP contribution in [0.25, 0.3) is 10.9 Å². The van der Waals surface area contributed by atoms with Gasteiger partial charge in [-0.1, -0.05) is 38.1 Å². The van der Waals surface area contributed by atoms with Gasteiger partial charge in [-0.2, -0.15) is 5.10 Å². The lowest BCUT2D eigenvalue weighted by atomic mass is 10.1. The number of anilines is 3. The highest BCUT2D eigenvalue weighted by Crippen LogP contribution is 2.36. The SMILES string of the molecule is CC.COc1ccc(NC(=O)C2CC2)cc1.c1cc2c(c(Nc3n[nH]c4ccccc34)c1)OCC2. The highest BCUT2D eigenvalue weighted by Gasteiger charge is 2.29. The van der Waals surface area contributed by atoms with Crippen LogP contribution in [0.3, 0.4) is 0 Å². The van der Waals surface area contributed by atoms with Crippen molar-refractivity contribution in [1.82, 2.24) is 10.2 Å². The molecular formula is C28H32N4O3. The van der Waals surface area contributed by atoms with Gasteiger partial charge in [-0.25, -0.2) is 0 Å². The number of para-hydroxylation sites is 2. The third-order valence-electron chi connectivity index (χ3n) is 5.74. The van der Waals surface area contributed by atoms with Crippen LogP contribution < -0.4 is 20.1 Å². The molecule has 0 spiro atoms. The van der Waals surface area contributed by atoms with Crippen molar-refractivity contribution in [1.29, 1.82) is 0 Å². The fraction of sp³-hybridized carbons (Fsp3) is 0.286. The van der Waals surface area contributed by atoms with E-state index in [9.17, 15) is 4.79 Å². The van der Waals surface area contributed by atoms with Gasteiger partial charge in [0.2, 0.25) is 5.91 Å². The minimum atomic E-state index is 0.134. The van der Waals surface area contributed by atoms with Crippen molar-refractivity contribution in [3.05, 3.63) is 72.3 Å². The predicted molar refractivity (Wildman–Crippen MR) is 141 cm³/mol. The Morgan fingerprint density at radius 2 is 1.80 bits per heavy atom. The molecule has 1 saturated carbocycles. The number of benzene rings is 3. The summed E-state index contributed by atoms with van der Waals surface area (Å²) in [4.78, 5) is 11.4. The van der Waals surface area contributed by atoms with Crippen molar-refractivity contribution in [3.8, 4) is 11.5 Å². The highest BCUT2D eigenvalue weighted by atomic mass is 16.5. The van der Waals surface area contributed by atoms with Gasteiger partial charge >= 0.3 is 0 Å². The highest BCUT2D eigenvalue weighted by molar-refractivity contribution is 5.94. The predicted octanol–water partition coefficient (Wildman–Crippen LogP) is 6.31. The van der Waals surface area contributed by atoms with Gasteiger partial charge in [0, 0.05) is 23.4 Å². The zero-order valence-electron chi connectivity index (χ0n) is 20.4. The molecule has 3 aromatic carbocycles. The van der Waals surface area contributed by atoms with Crippen molar-refractivity contribution in [3.63, 3.8) is 0 Å². The molecule has 182 valence electrons. The summed E-state index contributed by atoms with van der Waals surface area (Å²) >= 11 is 0. The van der Waals surface area contributed by atoms with Gasteiger partial charge < -0.3 is 20.1 Å². The summed E-state index contributed by atoms with van der Waals surface area (Å²) in [5, 5.41) is 14.6. The van der Waals surface area contributed by atoms with E-state index >= 15 is 0 Å². The number of hydrogen-bond donors (Lipinski definition) is 3. The molecule has 3 N–H and O–H groups in total. The molecule has 1 fully saturated rings. The third-order valence-corrected chi connectivity index (χ3v) is 5.74. The average molecular weight is 473 g/mol. The summed E-state index contributed by atoms with van der Waals surface area (Å²) < 4.78 is 10.7. The standard InChI is InChI=1S/C15H13N3O.C11H13NO2.C2H6/c1-2-6-12-11(5-1)15(18-17-12)16-13-7-3-4-10-8-9-19-14(10)13;1-14-10-6-4-9(5-7-10)12-11(13)8-2-3-8;1-2/h1-7H,8-9H2,(H2,16,17,18);4-8H,2-3H2,1H3,(H,12,13);1-2H3. The summed E-state index contributed by atoms with van der Waals surface area (Å²) in [6.07, 6.45) is 3.04. The lowest BCUT2D eigenvalue weighted by Crippen LogP contribution is -2.12. The number of nitrogens with one attached hydrogen (secondary N) is 3. The van der Waals surface area contributed by atoms with E-state index in [1.165, 1.54) is 5.56 Å². The fourth-order valence-corrected chi connectivity index (χ4v) is 3.76. The number of carbonyl (C=O) groups is 1. The topological polar surface area (TPSA) is 88.3 Å². The van der Waals surface area contributed by atoms with Crippen LogP contribution in [0.1, 0.15) is 32.3 Å². The molecule has 35 heavy (non-hydrogen) atoms. The first kappa shape index (κ1) is 24.1. The number of methoxy groups -OCH3 is 1. The van der Waals surface area contributed by atoms with Crippen LogP contribution >= 0.6 is 0 Å². The summed E-state index contributed by atoms with van der Waals surface area (Å²) in [6, 6.07) is 21.6. The number of rotatable bonds is 5. The smallest absolute Gasteiger partial charge is 0.227 e. The summed E-state index contributed by atoms with van der Waals surface area (Å²) in [5.74, 6) is 2.97. The van der Waals surface area contributed by atoms with Crippen molar-refractivity contribution in [2.45, 2.75) is 33.1 Å². The Morgan fingerprint density at radius 3 is 2.54 bits per heavy atom. The van der Waals surface area contributed by atoms with E-state index in [0.717, 1.165) is 65.5 Å². The minimum absolute atomic E-state index is 0.134. The van der Waals surface area contributed by atoms with Gasteiger partial charge in [0.05, 0.1) is 24.9 Å². The molecule has 7 nitrogen and oxygen atoms in total. The van der Waals surface area contributed by atoms with Crippen LogP contribution in [0.2, 0.25) is 0 Å². The molecule has 0 atom stereocenters. The van der Waals surface area contributed by atoms with Crippen LogP contribution in [0.15, 0.2) is 66.7 Å². The first-order valence-electron chi connectivity index (χ1n) is 12.1. The van der Waals surface area contributed by atoms with Crippen molar-refractivity contribution in [2.75, 3.05) is 24.4 Å². The van der Waals surface area contributed by atoms with Gasteiger partial charge in [-0.15, -0.1) is 0 Å². The van der Waals surface area contributed by atoms with Gasteiger partial charge in [-0.3, -0.25) is 9.89 Å². The minimum Gasteiger partial charge on any atom is -0.497 e. The van der Waals surface area contributed by atoms with Crippen molar-refractivity contribution < 1.29 is 14.3 Å². The Bertz CT molecular complexity index is 1260. The lowest BCUT2D eigenvalue weighted by Gasteiger charge is -2.08. The fourth-order valence-electron chi connectivity index (χ4n) is 3.76. The molecule has 7 heteroatoms. The molecule has 6 rings (SSSR count). The summed E-state index contributed by atoms with van der Waals surface area (Å²) in [5.41, 5.74) is 4.10. The van der Waals surface area contributed by atoms with E-state index in [1.807, 2.05) is 74.5 Å². The monoisotopic (exact) mass is 472 g/mol. The molecule has 1 aliphatic carbocycles. The third kappa shape index (κ3) is 5.93. The number of fused-ring (bicyclic) bond motifs is 2. The van der Waals surface area contributed by atoms with Crippen LogP contribution in [0.5, 0.6) is 11.5 Å². The second-order valence-electron chi connectivity index (χ2n) is 8.13. The van der Waals surface area contributed by atoms with Crippen molar-refractivity contribution >= 4 is 34.0 Å². The average Bonchev–Trinajstić information content (AvgIpc) is 3.52. The number of aromatic amines is 1. The Hall–Kier alpha value is -4.00. The molecule has 1 aromatic heterocycles. The largest absolute Gasteiger partial charge is 0.497 e. The maximum Gasteiger partial charge on any atom is 0.227 e. The molecule has 1 amide bonds. The van der Waals surface area contributed by atoms with E-state index in [2.05, 4.69) is 26.9 Å². The number of carbonyl (C=O) groups excluding carboxylic acids is 1. The molecule has 0 unspecified atom stereocenters. The lowest BCUT2D eigenvalue weighted by molar-refractivity contribution is -0.117. The Labute approximate surface area is 205 Å². The molecule has 0 bridgehead atoms. The maximum absolute atomic E-state index is 11.4. The Balaban J connectivity index is 0.000000161. The molecule has 4 aromatic rings. The molecule has 2 heterocycles. The number of aromatic nitrogens is 2. The second-order valence-corrected chi connectivity index (χ2v) is 8.13. The quantitative estimate of drug-likeness (QED) is 0.317. The van der Waals surface area contributed by atoms with Gasteiger partial charge in [0.1, 0.15) is 11.5 Å². The number of hydrogen-bond acceptors (Lipinski definition) is 5. The van der Waals surface area contributed by atoms with Crippen molar-refractivity contribution in [2.24, 2.45) is 5.92 Å². The zero-order valence-corrected chi connectivity index (χ0v) is 20.4. The Kier molecular flexibility index (Phi) is 7.88. The zero-order chi connectivity index (χ0) is 24.6. The number of ether oxygens (including phenoxy) is 2. The van der Waals surface area contributed by atoms with E-state index < -0.39 is 0 Å². The maximum atomic E-state index is 11.4. The second kappa shape index (κ2) is 11.4. The molecule has 1 aliphatic heterocycles. The van der Waals surface area contributed by atoms with Crippen LogP contribution in [-0.4, -0.2) is 29.8 Å². The first-order chi connectivity index (χ1) is 17.2. The van der Waals surface area contributed by atoms with E-state index in [-0.39, 0.29) is 11.8 Å². The molecule has 0 saturated heterocycles. The molecule has 0 radical (unpaired) electrons. The van der Waals surface area contributed by atoms with Crippen LogP contribution in [0, 0.1) is 5.92 Å². The van der Waals surface area contributed by atoms with E-state index in [1.54, 1.807) is 7.11 Å². The number of H-pyrrole nitrogens is 1. The van der Waals surface area contributed by atoms with Gasteiger partial charge in [0.25, 0.3) is 0 Å². The van der Waals surface area contributed by atoms with Crippen LogP contribution in [0.4, 0.5) is 17.2 Å². The van der Waals surface area contributed by atoms with E-state index in [0.29, 0.717) is 0 Å². The van der Waals surface area contributed by atoms with E-state index in [4.69, 9.17) is 9.47 Å². The van der Waals surface area contributed by atoms with Gasteiger partial charge in [0.15, 0.2) is 5.82 Å². The molecular weight excluding hydrogens is 440 g/mol. The Morgan fingerprint density at radius 1 is 1.03 bits per heavy atom. The summed E-state index contributed by atoms with van der Waals surface area (Å²) in [6.45, 7) is 4.76.